The number of aliphatic imine (C=N–C) groups is 1. The van der Waals surface area contributed by atoms with Gasteiger partial charge in [0.15, 0.2) is 5.96 Å². The van der Waals surface area contributed by atoms with Gasteiger partial charge in [0, 0.05) is 5.54 Å². The molecule has 96 valence electrons. The highest BCUT2D eigenvalue weighted by atomic mass is 16.2. The molecule has 2 aliphatic rings. The van der Waals surface area contributed by atoms with Crippen LogP contribution in [0.15, 0.2) is 4.99 Å². The van der Waals surface area contributed by atoms with E-state index in [-0.39, 0.29) is 16.9 Å². The smallest absolute Gasteiger partial charge is 0.254 e. The van der Waals surface area contributed by atoms with E-state index in [4.69, 9.17) is 0 Å². The minimum absolute atomic E-state index is 0.0647. The molecule has 0 aromatic heterocycles. The number of hydrogen-bond donors (Lipinski definition) is 2. The van der Waals surface area contributed by atoms with E-state index in [2.05, 4.69) is 50.2 Å². The molecule has 17 heavy (non-hydrogen) atoms. The summed E-state index contributed by atoms with van der Waals surface area (Å²) in [5.74, 6) is 0.704. The summed E-state index contributed by atoms with van der Waals surface area (Å²) >= 11 is 0. The topological polar surface area (TPSA) is 53.5 Å². The first kappa shape index (κ1) is 12.4. The Balaban J connectivity index is 2.18. The van der Waals surface area contributed by atoms with E-state index in [1.807, 2.05) is 0 Å². The molecule has 2 rings (SSSR count). The van der Waals surface area contributed by atoms with Crippen LogP contribution in [0.1, 0.15) is 53.9 Å². The van der Waals surface area contributed by atoms with Crippen LogP contribution in [0.3, 0.4) is 0 Å². The van der Waals surface area contributed by atoms with Gasteiger partial charge in [-0.15, -0.1) is 0 Å². The van der Waals surface area contributed by atoms with Crippen LogP contribution in [0.25, 0.3) is 0 Å². The van der Waals surface area contributed by atoms with Gasteiger partial charge >= 0.3 is 0 Å². The average molecular weight is 237 g/mol. The largest absolute Gasteiger partial charge is 0.351 e. The molecule has 1 atom stereocenters. The molecule has 0 saturated heterocycles. The molecule has 1 amide bonds. The molecular formula is C13H23N3O. The van der Waals surface area contributed by atoms with Gasteiger partial charge in [0.05, 0.1) is 0 Å². The highest BCUT2D eigenvalue weighted by molar-refractivity contribution is 6.07. The van der Waals surface area contributed by atoms with E-state index in [0.717, 1.165) is 19.3 Å². The van der Waals surface area contributed by atoms with Crippen molar-refractivity contribution < 1.29 is 4.79 Å². The molecule has 1 heterocycles. The predicted molar refractivity (Wildman–Crippen MR) is 68.8 cm³/mol. The van der Waals surface area contributed by atoms with Gasteiger partial charge in [-0.05, 0) is 45.4 Å². The normalized spacial score (nSPS) is 31.6. The lowest BCUT2D eigenvalue weighted by Gasteiger charge is -2.21. The molecule has 1 spiro atoms. The monoisotopic (exact) mass is 237 g/mol. The molecule has 2 N–H and O–H groups in total. The van der Waals surface area contributed by atoms with Crippen LogP contribution < -0.4 is 10.6 Å². The van der Waals surface area contributed by atoms with E-state index < -0.39 is 5.54 Å². The number of carbonyl (C=O) groups is 1. The Kier molecular flexibility index (Phi) is 2.53. The van der Waals surface area contributed by atoms with E-state index in [1.165, 1.54) is 0 Å². The summed E-state index contributed by atoms with van der Waals surface area (Å²) in [6, 6.07) is 0. The van der Waals surface area contributed by atoms with E-state index in [0.29, 0.717) is 5.96 Å². The first-order valence-electron chi connectivity index (χ1n) is 6.32. The van der Waals surface area contributed by atoms with Crippen molar-refractivity contribution in [1.29, 1.82) is 0 Å². The van der Waals surface area contributed by atoms with E-state index in [9.17, 15) is 4.79 Å². The van der Waals surface area contributed by atoms with Gasteiger partial charge < -0.3 is 5.32 Å². The molecule has 1 fully saturated rings. The predicted octanol–water partition coefficient (Wildman–Crippen LogP) is 1.81. The van der Waals surface area contributed by atoms with Gasteiger partial charge in [0.2, 0.25) is 0 Å². The first-order valence-corrected chi connectivity index (χ1v) is 6.32. The summed E-state index contributed by atoms with van der Waals surface area (Å²) in [5, 5.41) is 6.13. The van der Waals surface area contributed by atoms with Crippen molar-refractivity contribution in [3.63, 3.8) is 0 Å². The zero-order valence-electron chi connectivity index (χ0n) is 11.5. The summed E-state index contributed by atoms with van der Waals surface area (Å²) in [6.07, 6.45) is 2.77. The van der Waals surface area contributed by atoms with Gasteiger partial charge in [-0.25, -0.2) is 4.99 Å². The zero-order chi connectivity index (χ0) is 12.9. The summed E-state index contributed by atoms with van der Waals surface area (Å²) in [5.41, 5.74) is -0.360. The number of rotatable bonds is 0. The Morgan fingerprint density at radius 2 is 1.94 bits per heavy atom. The van der Waals surface area contributed by atoms with Crippen LogP contribution in [0.2, 0.25) is 0 Å². The van der Waals surface area contributed by atoms with Gasteiger partial charge in [-0.2, -0.15) is 0 Å². The standard InChI is InChI=1S/C13H23N3O/c1-11(2,3)15-10-14-9(17)13(16-10)7-6-12(4,5)8-13/h6-8H2,1-5H3,(H2,14,15,16,17). The zero-order valence-corrected chi connectivity index (χ0v) is 11.5. The maximum atomic E-state index is 12.1. The molecule has 0 aromatic carbocycles. The second kappa shape index (κ2) is 3.47. The Bertz CT molecular complexity index is 379. The van der Waals surface area contributed by atoms with Crippen molar-refractivity contribution in [1.82, 2.24) is 10.6 Å². The Morgan fingerprint density at radius 3 is 2.41 bits per heavy atom. The van der Waals surface area contributed by atoms with Crippen LogP contribution in [-0.4, -0.2) is 22.9 Å². The number of hydrogen-bond acceptors (Lipinski definition) is 3. The SMILES string of the molecule is CC1(C)CCC2(C1)N=C(NC(C)(C)C)NC2=O. The van der Waals surface area contributed by atoms with E-state index >= 15 is 0 Å². The summed E-state index contributed by atoms with van der Waals surface area (Å²) in [7, 11) is 0. The average Bonchev–Trinajstić information content (AvgIpc) is 2.52. The van der Waals surface area contributed by atoms with E-state index in [1.54, 1.807) is 0 Å². The van der Waals surface area contributed by atoms with Crippen molar-refractivity contribution >= 4 is 11.9 Å². The highest BCUT2D eigenvalue weighted by Gasteiger charge is 2.52. The van der Waals surface area contributed by atoms with Gasteiger partial charge in [0.25, 0.3) is 5.91 Å². The quantitative estimate of drug-likeness (QED) is 0.675. The lowest BCUT2D eigenvalue weighted by Crippen LogP contribution is -2.47. The summed E-state index contributed by atoms with van der Waals surface area (Å²) in [6.45, 7) is 10.6. The molecule has 0 bridgehead atoms. The molecular weight excluding hydrogens is 214 g/mol. The minimum atomic E-state index is -0.503. The Labute approximate surface area is 103 Å². The fourth-order valence-electron chi connectivity index (χ4n) is 2.73. The summed E-state index contributed by atoms with van der Waals surface area (Å²) < 4.78 is 0. The van der Waals surface area contributed by atoms with Crippen molar-refractivity contribution in [2.45, 2.75) is 65.0 Å². The second-order valence-electron chi connectivity index (χ2n) is 7.16. The van der Waals surface area contributed by atoms with Crippen LogP contribution in [0, 0.1) is 5.41 Å². The first-order chi connectivity index (χ1) is 7.62. The van der Waals surface area contributed by atoms with Crippen molar-refractivity contribution in [3.05, 3.63) is 0 Å². The van der Waals surface area contributed by atoms with Crippen molar-refractivity contribution in [2.24, 2.45) is 10.4 Å². The molecule has 1 saturated carbocycles. The van der Waals surface area contributed by atoms with Gasteiger partial charge in [0.1, 0.15) is 5.54 Å². The number of carbonyl (C=O) groups excluding carboxylic acids is 1. The molecule has 1 aliphatic heterocycles. The maximum absolute atomic E-state index is 12.1. The molecule has 0 radical (unpaired) electrons. The molecule has 1 aliphatic carbocycles. The Hall–Kier alpha value is -1.06. The highest BCUT2D eigenvalue weighted by Crippen LogP contribution is 2.47. The lowest BCUT2D eigenvalue weighted by molar-refractivity contribution is -0.123. The van der Waals surface area contributed by atoms with Crippen molar-refractivity contribution in [3.8, 4) is 0 Å². The fraction of sp³-hybridized carbons (Fsp3) is 0.846. The minimum Gasteiger partial charge on any atom is -0.351 e. The van der Waals surface area contributed by atoms with Crippen molar-refractivity contribution in [2.75, 3.05) is 0 Å². The number of guanidine groups is 1. The Morgan fingerprint density at radius 1 is 1.29 bits per heavy atom. The third kappa shape index (κ3) is 2.45. The van der Waals surface area contributed by atoms with Crippen LogP contribution in [0.5, 0.6) is 0 Å². The third-order valence-electron chi connectivity index (χ3n) is 3.46. The fourth-order valence-corrected chi connectivity index (χ4v) is 2.73. The number of nitrogens with zero attached hydrogens (tertiary/aromatic N) is 1. The lowest BCUT2D eigenvalue weighted by atomic mass is 9.88. The molecule has 1 unspecified atom stereocenters. The van der Waals surface area contributed by atoms with Gasteiger partial charge in [-0.1, -0.05) is 13.8 Å². The van der Waals surface area contributed by atoms with Gasteiger partial charge in [-0.3, -0.25) is 10.1 Å². The molecule has 4 nitrogen and oxygen atoms in total. The van der Waals surface area contributed by atoms with Crippen LogP contribution in [-0.2, 0) is 4.79 Å². The maximum Gasteiger partial charge on any atom is 0.254 e. The van der Waals surface area contributed by atoms with Crippen LogP contribution >= 0.6 is 0 Å². The molecule has 0 aromatic rings. The van der Waals surface area contributed by atoms with Crippen LogP contribution in [0.4, 0.5) is 0 Å². The summed E-state index contributed by atoms with van der Waals surface area (Å²) in [4.78, 5) is 16.7. The number of nitrogens with one attached hydrogen (secondary N) is 2. The third-order valence-corrected chi connectivity index (χ3v) is 3.46. The number of amides is 1. The second-order valence-corrected chi connectivity index (χ2v) is 7.16. The molecule has 4 heteroatoms.